The van der Waals surface area contributed by atoms with Gasteiger partial charge in [-0.15, -0.1) is 0 Å². The second-order valence-corrected chi connectivity index (χ2v) is 7.01. The molecular formula is C19H40N2. The summed E-state index contributed by atoms with van der Waals surface area (Å²) in [6.45, 7) is 7.00. The minimum absolute atomic E-state index is 0.789. The van der Waals surface area contributed by atoms with Crippen LogP contribution in [0.2, 0.25) is 0 Å². The van der Waals surface area contributed by atoms with Gasteiger partial charge < -0.3 is 0 Å². The molecule has 0 saturated carbocycles. The van der Waals surface area contributed by atoms with Crippen molar-refractivity contribution in [2.75, 3.05) is 13.1 Å². The van der Waals surface area contributed by atoms with Crippen LogP contribution in [0.3, 0.4) is 0 Å². The Kier molecular flexibility index (Phi) is 12.3. The summed E-state index contributed by atoms with van der Waals surface area (Å²) in [4.78, 5) is 0. The van der Waals surface area contributed by atoms with Crippen LogP contribution in [0, 0.1) is 0 Å². The predicted molar refractivity (Wildman–Crippen MR) is 94.5 cm³/mol. The Morgan fingerprint density at radius 1 is 0.714 bits per heavy atom. The van der Waals surface area contributed by atoms with E-state index in [1.54, 1.807) is 0 Å². The molecule has 2 atom stereocenters. The Morgan fingerprint density at radius 2 is 1.10 bits per heavy atom. The Bertz CT molecular complexity index is 218. The lowest BCUT2D eigenvalue weighted by atomic mass is 10.0. The Hall–Kier alpha value is -0.0800. The summed E-state index contributed by atoms with van der Waals surface area (Å²) in [7, 11) is 0. The van der Waals surface area contributed by atoms with Gasteiger partial charge in [-0.05, 0) is 13.3 Å². The number of hydrogen-bond donors (Lipinski definition) is 1. The Morgan fingerprint density at radius 3 is 1.48 bits per heavy atom. The third-order valence-corrected chi connectivity index (χ3v) is 4.70. The molecule has 0 aromatic heterocycles. The van der Waals surface area contributed by atoms with Crippen molar-refractivity contribution in [2.24, 2.45) is 0 Å². The van der Waals surface area contributed by atoms with E-state index in [0.717, 1.165) is 6.04 Å². The van der Waals surface area contributed by atoms with Gasteiger partial charge in [0.15, 0.2) is 0 Å². The van der Waals surface area contributed by atoms with Gasteiger partial charge in [-0.25, -0.2) is 5.01 Å². The van der Waals surface area contributed by atoms with Crippen molar-refractivity contribution in [1.29, 1.82) is 0 Å². The van der Waals surface area contributed by atoms with Gasteiger partial charge in [0.05, 0.1) is 0 Å². The topological polar surface area (TPSA) is 15.0 Å². The van der Waals surface area contributed by atoms with Crippen LogP contribution in [-0.2, 0) is 0 Å². The third kappa shape index (κ3) is 12.2. The summed E-state index contributed by atoms with van der Waals surface area (Å²) < 4.78 is 0. The Labute approximate surface area is 134 Å². The minimum atomic E-state index is 0.789. The van der Waals surface area contributed by atoms with Gasteiger partial charge in [0.2, 0.25) is 0 Å². The fourth-order valence-electron chi connectivity index (χ4n) is 3.00. The van der Waals surface area contributed by atoms with E-state index >= 15 is 0 Å². The summed E-state index contributed by atoms with van der Waals surface area (Å²) in [6.07, 6.45) is 20.2. The van der Waals surface area contributed by atoms with E-state index in [4.69, 9.17) is 0 Å². The van der Waals surface area contributed by atoms with Crippen LogP contribution < -0.4 is 5.43 Å². The van der Waals surface area contributed by atoms with Crippen LogP contribution in [0.4, 0.5) is 0 Å². The lowest BCUT2D eigenvalue weighted by Gasteiger charge is -2.05. The average molecular weight is 297 g/mol. The molecule has 1 fully saturated rings. The SMILES string of the molecule is CCCCCCCCCCCCCCCCNN1CC1C. The van der Waals surface area contributed by atoms with Crippen molar-refractivity contribution in [2.45, 2.75) is 110 Å². The largest absolute Gasteiger partial charge is 0.255 e. The number of nitrogens with one attached hydrogen (secondary N) is 1. The third-order valence-electron chi connectivity index (χ3n) is 4.70. The summed E-state index contributed by atoms with van der Waals surface area (Å²) in [5.41, 5.74) is 3.48. The lowest BCUT2D eigenvalue weighted by molar-refractivity contribution is 0.368. The molecule has 0 bridgehead atoms. The highest BCUT2D eigenvalue weighted by Gasteiger charge is 2.27. The van der Waals surface area contributed by atoms with Gasteiger partial charge in [0.25, 0.3) is 0 Å². The molecule has 1 aliphatic heterocycles. The zero-order valence-electron chi connectivity index (χ0n) is 14.8. The molecule has 2 nitrogen and oxygen atoms in total. The molecule has 0 aliphatic carbocycles. The van der Waals surface area contributed by atoms with Gasteiger partial charge in [-0.2, -0.15) is 0 Å². The number of rotatable bonds is 16. The molecule has 1 aliphatic rings. The first-order valence-electron chi connectivity index (χ1n) is 9.84. The van der Waals surface area contributed by atoms with Crippen molar-refractivity contribution >= 4 is 0 Å². The van der Waals surface area contributed by atoms with Gasteiger partial charge in [-0.3, -0.25) is 5.43 Å². The fourth-order valence-corrected chi connectivity index (χ4v) is 3.00. The molecule has 1 N–H and O–H groups in total. The van der Waals surface area contributed by atoms with E-state index in [-0.39, 0.29) is 0 Å². The van der Waals surface area contributed by atoms with Crippen molar-refractivity contribution in [3.05, 3.63) is 0 Å². The molecule has 1 saturated heterocycles. The molecule has 0 radical (unpaired) electrons. The van der Waals surface area contributed by atoms with Crippen molar-refractivity contribution in [3.63, 3.8) is 0 Å². The van der Waals surface area contributed by atoms with Crippen LogP contribution in [0.15, 0.2) is 0 Å². The summed E-state index contributed by atoms with van der Waals surface area (Å²) in [5, 5.41) is 2.34. The molecule has 1 rings (SSSR count). The summed E-state index contributed by atoms with van der Waals surface area (Å²) in [6, 6.07) is 0.789. The van der Waals surface area contributed by atoms with Gasteiger partial charge in [0.1, 0.15) is 0 Å². The predicted octanol–water partition coefficient (Wildman–Crippen LogP) is 5.68. The molecule has 0 amide bonds. The molecule has 2 heteroatoms. The first-order chi connectivity index (χ1) is 10.3. The van der Waals surface area contributed by atoms with Crippen LogP contribution >= 0.6 is 0 Å². The second kappa shape index (κ2) is 13.6. The van der Waals surface area contributed by atoms with E-state index < -0.39 is 0 Å². The van der Waals surface area contributed by atoms with Crippen molar-refractivity contribution in [1.82, 2.24) is 10.4 Å². The zero-order valence-corrected chi connectivity index (χ0v) is 14.8. The van der Waals surface area contributed by atoms with Gasteiger partial charge in [-0.1, -0.05) is 90.4 Å². The molecule has 1 heterocycles. The lowest BCUT2D eigenvalue weighted by Crippen LogP contribution is -2.23. The highest BCUT2D eigenvalue weighted by Crippen LogP contribution is 2.13. The van der Waals surface area contributed by atoms with Gasteiger partial charge >= 0.3 is 0 Å². The number of unbranched alkanes of at least 4 members (excludes halogenated alkanes) is 13. The van der Waals surface area contributed by atoms with Crippen LogP contribution in [0.1, 0.15) is 104 Å². The molecule has 0 aromatic rings. The highest BCUT2D eigenvalue weighted by molar-refractivity contribution is 4.80. The van der Waals surface area contributed by atoms with Crippen LogP contribution in [-0.4, -0.2) is 24.1 Å². The molecular weight excluding hydrogens is 256 g/mol. The standard InChI is InChI=1S/C19H40N2/c1-3-4-5-6-7-8-9-10-11-12-13-14-15-16-17-20-21-18-19(21)2/h19-20H,3-18H2,1-2H3. The fraction of sp³-hybridized carbons (Fsp3) is 1.00. The maximum absolute atomic E-state index is 3.48. The Balaban J connectivity index is 1.62. The second-order valence-electron chi connectivity index (χ2n) is 7.01. The van der Waals surface area contributed by atoms with Crippen molar-refractivity contribution in [3.8, 4) is 0 Å². The molecule has 2 unspecified atom stereocenters. The zero-order chi connectivity index (χ0) is 15.2. The molecule has 21 heavy (non-hydrogen) atoms. The number of nitrogens with zero attached hydrogens (tertiary/aromatic N) is 1. The maximum Gasteiger partial charge on any atom is 0.0357 e. The smallest absolute Gasteiger partial charge is 0.0357 e. The first kappa shape index (κ1) is 19.0. The normalized spacial score (nSPS) is 20.9. The molecule has 0 aromatic carbocycles. The van der Waals surface area contributed by atoms with E-state index in [0.29, 0.717) is 0 Å². The van der Waals surface area contributed by atoms with E-state index in [1.807, 2.05) is 0 Å². The average Bonchev–Trinajstić information content (AvgIpc) is 3.19. The quantitative estimate of drug-likeness (QED) is 0.291. The van der Waals surface area contributed by atoms with Crippen LogP contribution in [0.5, 0.6) is 0 Å². The van der Waals surface area contributed by atoms with E-state index in [1.165, 1.54) is 103 Å². The first-order valence-corrected chi connectivity index (χ1v) is 9.84. The molecule has 126 valence electrons. The molecule has 0 spiro atoms. The maximum atomic E-state index is 3.48. The summed E-state index contributed by atoms with van der Waals surface area (Å²) >= 11 is 0. The summed E-state index contributed by atoms with van der Waals surface area (Å²) in [5.74, 6) is 0. The number of hydrogen-bond acceptors (Lipinski definition) is 2. The highest BCUT2D eigenvalue weighted by atomic mass is 15.6. The van der Waals surface area contributed by atoms with E-state index in [2.05, 4.69) is 24.3 Å². The monoisotopic (exact) mass is 296 g/mol. The van der Waals surface area contributed by atoms with Gasteiger partial charge in [0, 0.05) is 19.1 Å². The van der Waals surface area contributed by atoms with Crippen LogP contribution in [0.25, 0.3) is 0 Å². The van der Waals surface area contributed by atoms with Crippen molar-refractivity contribution < 1.29 is 0 Å². The number of hydrazine groups is 1. The van der Waals surface area contributed by atoms with E-state index in [9.17, 15) is 0 Å². The minimum Gasteiger partial charge on any atom is -0.255 e.